The van der Waals surface area contributed by atoms with Crippen LogP contribution < -0.4 is 4.52 Å². The quantitative estimate of drug-likeness (QED) is 0.452. The van der Waals surface area contributed by atoms with E-state index in [0.29, 0.717) is 21.9 Å². The molecule has 4 rings (SSSR count). The molecule has 0 fully saturated rings. The monoisotopic (exact) mass is 366 g/mol. The molecule has 0 aliphatic heterocycles. The fourth-order valence-electron chi connectivity index (χ4n) is 3.14. The van der Waals surface area contributed by atoms with E-state index in [2.05, 4.69) is 0 Å². The molecule has 5 nitrogen and oxygen atoms in total. The highest BCUT2D eigenvalue weighted by Gasteiger charge is 2.23. The number of phosphoric acid groups is 1. The second kappa shape index (κ2) is 6.15. The predicted molar refractivity (Wildman–Crippen MR) is 101 cm³/mol. The van der Waals surface area contributed by atoms with Gasteiger partial charge in [-0.05, 0) is 22.9 Å². The molecule has 0 atom stereocenters. The maximum Gasteiger partial charge on any atom is 0.524 e. The van der Waals surface area contributed by atoms with Gasteiger partial charge in [-0.2, -0.15) is 0 Å². The highest BCUT2D eigenvalue weighted by atomic mass is 31.2. The fraction of sp³-hybridized carbons (Fsp3) is 0. The second-order valence-corrected chi connectivity index (χ2v) is 7.09. The third kappa shape index (κ3) is 2.93. The van der Waals surface area contributed by atoms with E-state index < -0.39 is 7.82 Å². The maximum atomic E-state index is 11.5. The lowest BCUT2D eigenvalue weighted by Gasteiger charge is -2.16. The summed E-state index contributed by atoms with van der Waals surface area (Å²) in [5.41, 5.74) is 0.855. The van der Waals surface area contributed by atoms with Gasteiger partial charge in [-0.3, -0.25) is 9.79 Å². The van der Waals surface area contributed by atoms with Crippen LogP contribution in [0.5, 0.6) is 11.5 Å². The second-order valence-electron chi connectivity index (χ2n) is 5.93. The van der Waals surface area contributed by atoms with Crippen LogP contribution in [-0.4, -0.2) is 14.9 Å². The van der Waals surface area contributed by atoms with Crippen molar-refractivity contribution in [3.05, 3.63) is 72.8 Å². The van der Waals surface area contributed by atoms with Gasteiger partial charge in [0.2, 0.25) is 0 Å². The molecule has 0 radical (unpaired) electrons. The Hall–Kier alpha value is -2.85. The molecular weight excluding hydrogens is 351 g/mol. The first-order valence-electron chi connectivity index (χ1n) is 7.92. The van der Waals surface area contributed by atoms with Crippen LogP contribution in [0.1, 0.15) is 0 Å². The summed E-state index contributed by atoms with van der Waals surface area (Å²) in [6, 6.07) is 21.6. The van der Waals surface area contributed by atoms with Crippen molar-refractivity contribution in [2.75, 3.05) is 0 Å². The van der Waals surface area contributed by atoms with Crippen LogP contribution >= 0.6 is 7.82 Å². The number of phenolic OH excluding ortho intramolecular Hbond substituents is 1. The third-order valence-electron chi connectivity index (χ3n) is 4.28. The smallest absolute Gasteiger partial charge is 0.507 e. The number of phenols is 1. The van der Waals surface area contributed by atoms with Crippen molar-refractivity contribution in [3.63, 3.8) is 0 Å². The molecule has 0 aliphatic carbocycles. The van der Waals surface area contributed by atoms with E-state index in [0.717, 1.165) is 10.8 Å². The van der Waals surface area contributed by atoms with Crippen molar-refractivity contribution in [1.82, 2.24) is 0 Å². The highest BCUT2D eigenvalue weighted by molar-refractivity contribution is 7.46. The van der Waals surface area contributed by atoms with Crippen molar-refractivity contribution in [2.24, 2.45) is 0 Å². The molecule has 4 aromatic carbocycles. The molecule has 0 saturated heterocycles. The normalized spacial score (nSPS) is 11.8. The van der Waals surface area contributed by atoms with E-state index in [-0.39, 0.29) is 11.5 Å². The van der Waals surface area contributed by atoms with Gasteiger partial charge in [-0.1, -0.05) is 60.7 Å². The van der Waals surface area contributed by atoms with Gasteiger partial charge in [0.15, 0.2) is 0 Å². The summed E-state index contributed by atoms with van der Waals surface area (Å²) in [5, 5.41) is 13.6. The van der Waals surface area contributed by atoms with E-state index in [9.17, 15) is 19.5 Å². The van der Waals surface area contributed by atoms with Crippen molar-refractivity contribution >= 4 is 29.4 Å². The van der Waals surface area contributed by atoms with Crippen LogP contribution in [0.3, 0.4) is 0 Å². The number of aromatic hydroxyl groups is 1. The molecule has 0 heterocycles. The lowest BCUT2D eigenvalue weighted by molar-refractivity contribution is 0.284. The Bertz CT molecular complexity index is 1180. The Balaban J connectivity index is 2.04. The van der Waals surface area contributed by atoms with Crippen molar-refractivity contribution in [1.29, 1.82) is 0 Å². The molecule has 0 bridgehead atoms. The molecular formula is C20H15O5P. The van der Waals surface area contributed by atoms with Crippen molar-refractivity contribution in [2.45, 2.75) is 0 Å². The van der Waals surface area contributed by atoms with Gasteiger partial charge in [0.25, 0.3) is 0 Å². The molecule has 130 valence electrons. The Morgan fingerprint density at radius 3 is 1.88 bits per heavy atom. The van der Waals surface area contributed by atoms with Crippen LogP contribution in [0.25, 0.3) is 32.7 Å². The summed E-state index contributed by atoms with van der Waals surface area (Å²) in [6.07, 6.45) is 0. The zero-order valence-corrected chi connectivity index (χ0v) is 14.4. The van der Waals surface area contributed by atoms with Crippen LogP contribution in [0.4, 0.5) is 0 Å². The number of rotatable bonds is 3. The molecule has 0 amide bonds. The molecule has 0 spiro atoms. The van der Waals surface area contributed by atoms with E-state index >= 15 is 0 Å². The van der Waals surface area contributed by atoms with Gasteiger partial charge in [0, 0.05) is 21.9 Å². The summed E-state index contributed by atoms with van der Waals surface area (Å²) in [4.78, 5) is 18.7. The Morgan fingerprint density at radius 2 is 1.23 bits per heavy atom. The topological polar surface area (TPSA) is 87.0 Å². The minimum absolute atomic E-state index is 0.0361. The molecule has 0 aromatic heterocycles. The van der Waals surface area contributed by atoms with E-state index in [1.54, 1.807) is 30.3 Å². The lowest BCUT2D eigenvalue weighted by atomic mass is 9.96. The van der Waals surface area contributed by atoms with Crippen LogP contribution in [0.15, 0.2) is 72.8 Å². The lowest BCUT2D eigenvalue weighted by Crippen LogP contribution is -1.95. The minimum atomic E-state index is -4.78. The third-order valence-corrected chi connectivity index (χ3v) is 4.70. The number of hydrogen-bond acceptors (Lipinski definition) is 3. The SMILES string of the molecule is O=P(O)(O)Oc1c(-c2ccc3ccccc3c2O)ccc2ccccc12. The molecule has 3 N–H and O–H groups in total. The largest absolute Gasteiger partial charge is 0.524 e. The average Bonchev–Trinajstić information content (AvgIpc) is 2.62. The highest BCUT2D eigenvalue weighted by Crippen LogP contribution is 2.48. The number of phosphoric ester groups is 1. The number of hydrogen-bond donors (Lipinski definition) is 3. The van der Waals surface area contributed by atoms with E-state index in [4.69, 9.17) is 4.52 Å². The van der Waals surface area contributed by atoms with Crippen LogP contribution in [0, 0.1) is 0 Å². The molecule has 0 aliphatic rings. The number of benzene rings is 4. The first-order valence-corrected chi connectivity index (χ1v) is 9.45. The zero-order chi connectivity index (χ0) is 18.3. The molecule has 26 heavy (non-hydrogen) atoms. The fourth-order valence-corrected chi connectivity index (χ4v) is 3.58. The van der Waals surface area contributed by atoms with Gasteiger partial charge in [-0.25, -0.2) is 4.57 Å². The van der Waals surface area contributed by atoms with Gasteiger partial charge < -0.3 is 9.63 Å². The molecule has 6 heteroatoms. The van der Waals surface area contributed by atoms with Gasteiger partial charge in [-0.15, -0.1) is 0 Å². The van der Waals surface area contributed by atoms with Gasteiger partial charge >= 0.3 is 7.82 Å². The zero-order valence-electron chi connectivity index (χ0n) is 13.5. The molecule has 0 unspecified atom stereocenters. The predicted octanol–water partition coefficient (Wildman–Crippen LogP) is 4.84. The van der Waals surface area contributed by atoms with Crippen LogP contribution in [0.2, 0.25) is 0 Å². The standard InChI is InChI=1S/C20H15O5P/c21-19-15-7-3-1-5-13(15)9-11-17(19)18-12-10-14-6-2-4-8-16(14)20(18)25-26(22,23)24/h1-12,21H,(H2,22,23,24). The first-order chi connectivity index (χ1) is 12.4. The summed E-state index contributed by atoms with van der Waals surface area (Å²) in [5.74, 6) is 0.0796. The Labute approximate surface area is 149 Å². The average molecular weight is 366 g/mol. The maximum absolute atomic E-state index is 11.5. The van der Waals surface area contributed by atoms with E-state index in [1.807, 2.05) is 42.5 Å². The van der Waals surface area contributed by atoms with Crippen LogP contribution in [-0.2, 0) is 4.57 Å². The minimum Gasteiger partial charge on any atom is -0.507 e. The summed E-state index contributed by atoms with van der Waals surface area (Å²) in [7, 11) is -4.78. The van der Waals surface area contributed by atoms with Crippen molar-refractivity contribution < 1.29 is 24.0 Å². The molecule has 4 aromatic rings. The molecule has 0 saturated carbocycles. The summed E-state index contributed by atoms with van der Waals surface area (Å²) in [6.45, 7) is 0. The summed E-state index contributed by atoms with van der Waals surface area (Å²) >= 11 is 0. The van der Waals surface area contributed by atoms with Gasteiger partial charge in [0.1, 0.15) is 11.5 Å². The van der Waals surface area contributed by atoms with Gasteiger partial charge in [0.05, 0.1) is 0 Å². The Kier molecular flexibility index (Phi) is 3.93. The number of fused-ring (bicyclic) bond motifs is 2. The van der Waals surface area contributed by atoms with E-state index in [1.165, 1.54) is 0 Å². The first kappa shape index (κ1) is 16.6. The van der Waals surface area contributed by atoms with Crippen molar-refractivity contribution in [3.8, 4) is 22.6 Å². The Morgan fingerprint density at radius 1 is 0.692 bits per heavy atom. The summed E-state index contributed by atoms with van der Waals surface area (Å²) < 4.78 is 16.6.